The van der Waals surface area contributed by atoms with Gasteiger partial charge in [0, 0.05) is 25.8 Å². The molecule has 1 saturated heterocycles. The van der Waals surface area contributed by atoms with E-state index in [-0.39, 0.29) is 24.3 Å². The molecule has 174 valence electrons. The van der Waals surface area contributed by atoms with Crippen LogP contribution in [0.5, 0.6) is 0 Å². The number of halogens is 1. The Morgan fingerprint density at radius 2 is 1.94 bits per heavy atom. The number of benzene rings is 2. The van der Waals surface area contributed by atoms with Crippen LogP contribution in [0.15, 0.2) is 60.8 Å². The highest BCUT2D eigenvalue weighted by Gasteiger charge is 2.46. The van der Waals surface area contributed by atoms with Crippen LogP contribution in [0.3, 0.4) is 0 Å². The third-order valence-electron chi connectivity index (χ3n) is 6.35. The van der Waals surface area contributed by atoms with Gasteiger partial charge < -0.3 is 11.1 Å². The van der Waals surface area contributed by atoms with E-state index < -0.39 is 17.6 Å². The van der Waals surface area contributed by atoms with Gasteiger partial charge in [-0.25, -0.2) is 4.39 Å². The number of nitriles is 1. The van der Waals surface area contributed by atoms with E-state index in [0.29, 0.717) is 25.9 Å². The summed E-state index contributed by atoms with van der Waals surface area (Å²) in [5, 5.41) is 16.0. The molecule has 0 saturated carbocycles. The van der Waals surface area contributed by atoms with Crippen LogP contribution in [0.25, 0.3) is 11.1 Å². The van der Waals surface area contributed by atoms with Crippen molar-refractivity contribution in [2.24, 2.45) is 5.73 Å². The number of nitrogens with one attached hydrogen (secondary N) is 1. The molecular formula is C25H25FN6O2. The molecule has 8 nitrogen and oxygen atoms in total. The minimum absolute atomic E-state index is 0.0300. The normalized spacial score (nSPS) is 20.4. The van der Waals surface area contributed by atoms with Crippen LogP contribution < -0.4 is 11.1 Å². The summed E-state index contributed by atoms with van der Waals surface area (Å²) in [5.41, 5.74) is 7.41. The first-order valence-electron chi connectivity index (χ1n) is 10.9. The van der Waals surface area contributed by atoms with Crippen LogP contribution in [-0.4, -0.2) is 46.3 Å². The lowest BCUT2D eigenvalue weighted by atomic mass is 9.83. The lowest BCUT2D eigenvalue weighted by Gasteiger charge is -2.43. The quantitative estimate of drug-likeness (QED) is 0.501. The maximum Gasteiger partial charge on any atom is 0.254 e. The minimum Gasteiger partial charge on any atom is -0.365 e. The van der Waals surface area contributed by atoms with Crippen LogP contribution >= 0.6 is 0 Å². The number of hydrogen-bond donors (Lipinski definition) is 2. The molecule has 1 aromatic heterocycles. The molecule has 2 unspecified atom stereocenters. The monoisotopic (exact) mass is 460 g/mol. The SMILES string of the molecule is N#CCC1(n2cc(C(N)=O)c(NC=O)n2)CCN(Cc2ccc(-c3ccccc3)cc2)CC1F. The van der Waals surface area contributed by atoms with Gasteiger partial charge in [0.1, 0.15) is 17.3 Å². The number of piperidine rings is 1. The first-order chi connectivity index (χ1) is 16.5. The maximum atomic E-state index is 15.7. The second-order valence-electron chi connectivity index (χ2n) is 8.42. The number of carbonyl (C=O) groups is 2. The summed E-state index contributed by atoms with van der Waals surface area (Å²) in [7, 11) is 0. The third-order valence-corrected chi connectivity index (χ3v) is 6.35. The largest absolute Gasteiger partial charge is 0.365 e. The van der Waals surface area contributed by atoms with Gasteiger partial charge >= 0.3 is 0 Å². The van der Waals surface area contributed by atoms with Gasteiger partial charge in [-0.2, -0.15) is 10.4 Å². The van der Waals surface area contributed by atoms with Gasteiger partial charge in [-0.15, -0.1) is 0 Å². The highest BCUT2D eigenvalue weighted by Crippen LogP contribution is 2.37. The van der Waals surface area contributed by atoms with Gasteiger partial charge in [0.05, 0.1) is 12.5 Å². The number of nitrogens with two attached hydrogens (primary N) is 1. The Hall–Kier alpha value is -4.03. The Bertz CT molecular complexity index is 1200. The molecule has 34 heavy (non-hydrogen) atoms. The minimum atomic E-state index is -1.42. The number of rotatable bonds is 8. The molecule has 3 aromatic rings. The topological polar surface area (TPSA) is 117 Å². The molecule has 2 atom stereocenters. The number of aromatic nitrogens is 2. The van der Waals surface area contributed by atoms with Gasteiger partial charge in [0.25, 0.3) is 5.91 Å². The summed E-state index contributed by atoms with van der Waals surface area (Å²) < 4.78 is 17.0. The van der Waals surface area contributed by atoms with Crippen molar-refractivity contribution >= 4 is 18.1 Å². The lowest BCUT2D eigenvalue weighted by Crippen LogP contribution is -2.54. The Kier molecular flexibility index (Phi) is 6.70. The summed E-state index contributed by atoms with van der Waals surface area (Å²) in [4.78, 5) is 24.6. The smallest absolute Gasteiger partial charge is 0.254 e. The van der Waals surface area contributed by atoms with E-state index in [1.54, 1.807) is 0 Å². The zero-order valence-corrected chi connectivity index (χ0v) is 18.5. The van der Waals surface area contributed by atoms with E-state index in [0.717, 1.165) is 16.7 Å². The molecule has 1 aliphatic heterocycles. The van der Waals surface area contributed by atoms with Gasteiger partial charge in [0.2, 0.25) is 6.41 Å². The number of anilines is 1. The number of likely N-dealkylation sites (tertiary alicyclic amines) is 1. The van der Waals surface area contributed by atoms with Crippen molar-refractivity contribution < 1.29 is 14.0 Å². The molecule has 2 amide bonds. The highest BCUT2D eigenvalue weighted by atomic mass is 19.1. The first-order valence-corrected chi connectivity index (χ1v) is 10.9. The van der Waals surface area contributed by atoms with Gasteiger partial charge in [0.15, 0.2) is 5.82 Å². The van der Waals surface area contributed by atoms with Crippen molar-refractivity contribution in [2.75, 3.05) is 18.4 Å². The molecule has 1 aliphatic rings. The van der Waals surface area contributed by atoms with E-state index in [1.807, 2.05) is 35.2 Å². The summed E-state index contributed by atoms with van der Waals surface area (Å²) in [5.74, 6) is -0.845. The van der Waals surface area contributed by atoms with Crippen molar-refractivity contribution in [1.82, 2.24) is 14.7 Å². The fraction of sp³-hybridized carbons (Fsp3) is 0.280. The number of alkyl halides is 1. The molecule has 1 fully saturated rings. The predicted octanol–water partition coefficient (Wildman–Crippen LogP) is 3.07. The van der Waals surface area contributed by atoms with Gasteiger partial charge in [-0.1, -0.05) is 54.6 Å². The molecule has 9 heteroatoms. The van der Waals surface area contributed by atoms with Crippen molar-refractivity contribution in [3.63, 3.8) is 0 Å². The van der Waals surface area contributed by atoms with Crippen molar-refractivity contribution in [3.8, 4) is 17.2 Å². The molecule has 2 aromatic carbocycles. The second kappa shape index (κ2) is 9.85. The van der Waals surface area contributed by atoms with E-state index in [2.05, 4.69) is 40.8 Å². The zero-order valence-electron chi connectivity index (χ0n) is 18.5. The van der Waals surface area contributed by atoms with Crippen LogP contribution in [-0.2, 0) is 16.9 Å². The molecular weight excluding hydrogens is 435 g/mol. The number of carbonyl (C=O) groups excluding carboxylic acids is 2. The Labute approximate surface area is 196 Å². The molecule has 0 aliphatic carbocycles. The molecule has 4 rings (SSSR count). The molecule has 0 bridgehead atoms. The predicted molar refractivity (Wildman–Crippen MR) is 125 cm³/mol. The third kappa shape index (κ3) is 4.54. The fourth-order valence-corrected chi connectivity index (χ4v) is 4.45. The van der Waals surface area contributed by atoms with Gasteiger partial charge in [-0.3, -0.25) is 19.2 Å². The fourth-order valence-electron chi connectivity index (χ4n) is 4.45. The van der Waals surface area contributed by atoms with Crippen LogP contribution in [0.1, 0.15) is 28.8 Å². The Morgan fingerprint density at radius 1 is 1.24 bits per heavy atom. The lowest BCUT2D eigenvalue weighted by molar-refractivity contribution is -0.105. The average molecular weight is 461 g/mol. The summed E-state index contributed by atoms with van der Waals surface area (Å²) in [6, 6.07) is 20.3. The average Bonchev–Trinajstić information content (AvgIpc) is 3.27. The van der Waals surface area contributed by atoms with Crippen molar-refractivity contribution in [3.05, 3.63) is 71.9 Å². The van der Waals surface area contributed by atoms with Crippen LogP contribution in [0, 0.1) is 11.3 Å². The molecule has 3 N–H and O–H groups in total. The Balaban J connectivity index is 1.51. The highest BCUT2D eigenvalue weighted by molar-refractivity contribution is 5.99. The van der Waals surface area contributed by atoms with Crippen LogP contribution in [0.4, 0.5) is 10.2 Å². The number of primary amides is 1. The number of hydrogen-bond acceptors (Lipinski definition) is 5. The molecule has 0 spiro atoms. The molecule has 2 heterocycles. The number of nitrogens with zero attached hydrogens (tertiary/aromatic N) is 4. The summed E-state index contributed by atoms with van der Waals surface area (Å²) in [6.45, 7) is 1.21. The van der Waals surface area contributed by atoms with E-state index >= 15 is 4.39 Å². The van der Waals surface area contributed by atoms with E-state index in [9.17, 15) is 14.9 Å². The zero-order chi connectivity index (χ0) is 24.1. The Morgan fingerprint density at radius 3 is 2.56 bits per heavy atom. The summed E-state index contributed by atoms with van der Waals surface area (Å²) >= 11 is 0. The van der Waals surface area contributed by atoms with Crippen molar-refractivity contribution in [1.29, 1.82) is 5.26 Å². The van der Waals surface area contributed by atoms with E-state index in [4.69, 9.17) is 5.73 Å². The van der Waals surface area contributed by atoms with Crippen LogP contribution in [0.2, 0.25) is 0 Å². The first kappa shape index (κ1) is 23.1. The second-order valence-corrected chi connectivity index (χ2v) is 8.42. The molecule has 0 radical (unpaired) electrons. The van der Waals surface area contributed by atoms with E-state index in [1.165, 1.54) is 10.9 Å². The maximum absolute atomic E-state index is 15.7. The van der Waals surface area contributed by atoms with Gasteiger partial charge in [-0.05, 0) is 23.1 Å². The summed E-state index contributed by atoms with van der Waals surface area (Å²) in [6.07, 6.45) is 0.442. The standard InChI is InChI=1S/C25H25FN6O2/c26-22-16-31(14-18-6-8-20(9-7-18)19-4-2-1-3-5-19)13-11-25(22,10-12-27)32-15-21(23(28)34)24(30-32)29-17-33/h1-9,15,17,22H,10-11,13-14,16H2,(H2,28,34)(H,29,30,33). The van der Waals surface area contributed by atoms with Crippen molar-refractivity contribution in [2.45, 2.75) is 31.1 Å². The number of amides is 2.